The lowest BCUT2D eigenvalue weighted by Crippen LogP contribution is -2.12. The van der Waals surface area contributed by atoms with Crippen LogP contribution in [0.25, 0.3) is 5.69 Å². The molecule has 0 aliphatic heterocycles. The van der Waals surface area contributed by atoms with Crippen LogP contribution in [0.1, 0.15) is 41.9 Å². The number of aryl methyl sites for hydroxylation is 2. The average Bonchev–Trinajstić information content (AvgIpc) is 3.06. The Balaban J connectivity index is 1.73. The first-order chi connectivity index (χ1) is 13.0. The molecule has 1 aromatic carbocycles. The van der Waals surface area contributed by atoms with E-state index in [1.165, 1.54) is 0 Å². The predicted octanol–water partition coefficient (Wildman–Crippen LogP) is 4.41. The molecule has 0 spiro atoms. The zero-order chi connectivity index (χ0) is 19.4. The molecular formula is C21H19ClN4O. The van der Waals surface area contributed by atoms with E-state index in [0.29, 0.717) is 23.6 Å². The summed E-state index contributed by atoms with van der Waals surface area (Å²) in [6.45, 7) is 3.79. The molecule has 0 radical (unpaired) electrons. The molecule has 2 aromatic heterocycles. The van der Waals surface area contributed by atoms with Gasteiger partial charge in [0.1, 0.15) is 17.5 Å². The molecular weight excluding hydrogens is 360 g/mol. The van der Waals surface area contributed by atoms with Crippen LogP contribution in [0.4, 0.5) is 0 Å². The molecule has 0 saturated heterocycles. The number of nitrogens with zero attached hydrogens (tertiary/aromatic N) is 4. The van der Waals surface area contributed by atoms with Crippen LogP contribution in [-0.4, -0.2) is 20.5 Å². The lowest BCUT2D eigenvalue weighted by atomic mass is 9.94. The fourth-order valence-corrected chi connectivity index (χ4v) is 3.13. The summed E-state index contributed by atoms with van der Waals surface area (Å²) in [6.07, 6.45) is 2.58. The molecule has 3 aromatic rings. The molecule has 136 valence electrons. The van der Waals surface area contributed by atoms with E-state index in [4.69, 9.17) is 16.9 Å². The summed E-state index contributed by atoms with van der Waals surface area (Å²) < 4.78 is 1.84. The van der Waals surface area contributed by atoms with Gasteiger partial charge in [0.05, 0.1) is 11.4 Å². The predicted molar refractivity (Wildman–Crippen MR) is 104 cm³/mol. The van der Waals surface area contributed by atoms with Gasteiger partial charge in [-0.3, -0.25) is 4.79 Å². The van der Waals surface area contributed by atoms with Gasteiger partial charge in [-0.1, -0.05) is 30.7 Å². The number of carbonyl (C=O) groups excluding carboxylic acids is 1. The number of nitriles is 1. The lowest BCUT2D eigenvalue weighted by Gasteiger charge is -2.11. The maximum absolute atomic E-state index is 12.6. The first kappa shape index (κ1) is 18.8. The minimum Gasteiger partial charge on any atom is -0.299 e. The van der Waals surface area contributed by atoms with Gasteiger partial charge in [0.15, 0.2) is 0 Å². The normalized spacial score (nSPS) is 11.8. The van der Waals surface area contributed by atoms with Gasteiger partial charge >= 0.3 is 0 Å². The van der Waals surface area contributed by atoms with Crippen LogP contribution in [0.2, 0.25) is 5.02 Å². The summed E-state index contributed by atoms with van der Waals surface area (Å²) in [4.78, 5) is 16.7. The van der Waals surface area contributed by atoms with Crippen molar-refractivity contribution in [3.05, 3.63) is 76.3 Å². The van der Waals surface area contributed by atoms with E-state index in [1.54, 1.807) is 18.3 Å². The Morgan fingerprint density at radius 3 is 2.78 bits per heavy atom. The number of halogens is 1. The number of pyridine rings is 1. The van der Waals surface area contributed by atoms with Crippen LogP contribution in [0.15, 0.2) is 48.7 Å². The number of benzene rings is 1. The molecule has 0 bridgehead atoms. The molecule has 1 unspecified atom stereocenters. The second-order valence-electron chi connectivity index (χ2n) is 6.45. The van der Waals surface area contributed by atoms with Crippen LogP contribution < -0.4 is 0 Å². The molecule has 1 atom stereocenters. The number of hydrogen-bond acceptors (Lipinski definition) is 4. The van der Waals surface area contributed by atoms with Crippen LogP contribution in [0.5, 0.6) is 0 Å². The number of ketones is 1. The van der Waals surface area contributed by atoms with Gasteiger partial charge in [-0.2, -0.15) is 10.4 Å². The Hall–Kier alpha value is -2.97. The van der Waals surface area contributed by atoms with Crippen molar-refractivity contribution in [3.63, 3.8) is 0 Å². The van der Waals surface area contributed by atoms with Crippen molar-refractivity contribution in [1.82, 2.24) is 14.8 Å². The summed E-state index contributed by atoms with van der Waals surface area (Å²) in [6, 6.07) is 14.9. The standard InChI is InChI=1S/C21H19ClN4O/c1-14-10-20(26(25-14)19-5-3-4-17(22)11-19)8-9-21(27)15(2)16-6-7-18(12-23)24-13-16/h3-7,10-11,13,15H,8-9H2,1-2H3. The van der Waals surface area contributed by atoms with E-state index in [9.17, 15) is 4.79 Å². The molecule has 3 rings (SSSR count). The van der Waals surface area contributed by atoms with Crippen molar-refractivity contribution in [2.75, 3.05) is 0 Å². The highest BCUT2D eigenvalue weighted by Crippen LogP contribution is 2.21. The van der Waals surface area contributed by atoms with E-state index in [1.807, 2.05) is 54.9 Å². The van der Waals surface area contributed by atoms with Gasteiger partial charge in [-0.25, -0.2) is 9.67 Å². The van der Waals surface area contributed by atoms with Crippen LogP contribution >= 0.6 is 11.6 Å². The van der Waals surface area contributed by atoms with Crippen molar-refractivity contribution >= 4 is 17.4 Å². The summed E-state index contributed by atoms with van der Waals surface area (Å²) >= 11 is 6.09. The fourth-order valence-electron chi connectivity index (χ4n) is 2.94. The van der Waals surface area contributed by atoms with Gasteiger partial charge in [0.25, 0.3) is 0 Å². The van der Waals surface area contributed by atoms with Crippen LogP contribution in [0, 0.1) is 18.3 Å². The van der Waals surface area contributed by atoms with Crippen LogP contribution in [-0.2, 0) is 11.2 Å². The van der Waals surface area contributed by atoms with Gasteiger partial charge < -0.3 is 0 Å². The largest absolute Gasteiger partial charge is 0.299 e. The first-order valence-electron chi connectivity index (χ1n) is 8.68. The average molecular weight is 379 g/mol. The molecule has 0 aliphatic carbocycles. The maximum Gasteiger partial charge on any atom is 0.140 e. The summed E-state index contributed by atoms with van der Waals surface area (Å²) in [5.74, 6) is -0.146. The second kappa shape index (κ2) is 8.15. The monoisotopic (exact) mass is 378 g/mol. The third kappa shape index (κ3) is 4.42. The lowest BCUT2D eigenvalue weighted by molar-refractivity contribution is -0.120. The molecule has 6 heteroatoms. The minimum atomic E-state index is -0.270. The van der Waals surface area contributed by atoms with E-state index in [2.05, 4.69) is 10.1 Å². The number of carbonyl (C=O) groups is 1. The smallest absolute Gasteiger partial charge is 0.140 e. The number of aromatic nitrogens is 3. The molecule has 0 fully saturated rings. The maximum atomic E-state index is 12.6. The van der Waals surface area contributed by atoms with Gasteiger partial charge in [0.2, 0.25) is 0 Å². The van der Waals surface area contributed by atoms with Gasteiger partial charge in [-0.05, 0) is 49.2 Å². The summed E-state index contributed by atoms with van der Waals surface area (Å²) in [5, 5.41) is 14.0. The van der Waals surface area contributed by atoms with E-state index >= 15 is 0 Å². The van der Waals surface area contributed by atoms with Crippen molar-refractivity contribution in [3.8, 4) is 11.8 Å². The highest BCUT2D eigenvalue weighted by atomic mass is 35.5. The Morgan fingerprint density at radius 1 is 1.30 bits per heavy atom. The molecule has 0 amide bonds. The zero-order valence-electron chi connectivity index (χ0n) is 15.2. The van der Waals surface area contributed by atoms with E-state index in [0.717, 1.165) is 22.6 Å². The zero-order valence-corrected chi connectivity index (χ0v) is 15.9. The Bertz CT molecular complexity index is 1000. The Morgan fingerprint density at radius 2 is 2.11 bits per heavy atom. The third-order valence-electron chi connectivity index (χ3n) is 4.47. The molecule has 27 heavy (non-hydrogen) atoms. The molecule has 2 heterocycles. The highest BCUT2D eigenvalue weighted by Gasteiger charge is 2.17. The van der Waals surface area contributed by atoms with Crippen molar-refractivity contribution in [2.45, 2.75) is 32.6 Å². The minimum absolute atomic E-state index is 0.123. The fraction of sp³-hybridized carbons (Fsp3) is 0.238. The molecule has 5 nitrogen and oxygen atoms in total. The van der Waals surface area contributed by atoms with Gasteiger partial charge in [0, 0.05) is 29.3 Å². The second-order valence-corrected chi connectivity index (χ2v) is 6.88. The first-order valence-corrected chi connectivity index (χ1v) is 9.06. The van der Waals surface area contributed by atoms with Crippen molar-refractivity contribution in [1.29, 1.82) is 5.26 Å². The number of Topliss-reactive ketones (excluding diaryl/α,β-unsaturated/α-hetero) is 1. The van der Waals surface area contributed by atoms with Gasteiger partial charge in [-0.15, -0.1) is 0 Å². The number of hydrogen-bond donors (Lipinski definition) is 0. The molecule has 0 N–H and O–H groups in total. The highest BCUT2D eigenvalue weighted by molar-refractivity contribution is 6.30. The quantitative estimate of drug-likeness (QED) is 0.637. The van der Waals surface area contributed by atoms with Crippen molar-refractivity contribution < 1.29 is 4.79 Å². The molecule has 0 saturated carbocycles. The van der Waals surface area contributed by atoms with E-state index < -0.39 is 0 Å². The van der Waals surface area contributed by atoms with E-state index in [-0.39, 0.29) is 11.7 Å². The van der Waals surface area contributed by atoms with Crippen molar-refractivity contribution in [2.24, 2.45) is 0 Å². The Labute approximate surface area is 163 Å². The van der Waals surface area contributed by atoms with Crippen LogP contribution in [0.3, 0.4) is 0 Å². The molecule has 0 aliphatic rings. The SMILES string of the molecule is Cc1cc(CCC(=O)C(C)c2ccc(C#N)nc2)n(-c2cccc(Cl)c2)n1. The Kier molecular flexibility index (Phi) is 5.68. The topological polar surface area (TPSA) is 71.6 Å². The summed E-state index contributed by atoms with van der Waals surface area (Å²) in [7, 11) is 0. The number of rotatable bonds is 6. The summed E-state index contributed by atoms with van der Waals surface area (Å²) in [5.41, 5.74) is 3.90. The third-order valence-corrected chi connectivity index (χ3v) is 4.70.